The highest BCUT2D eigenvalue weighted by atomic mass is 16.3. The van der Waals surface area contributed by atoms with Crippen molar-refractivity contribution in [2.45, 2.75) is 0 Å². The molecule has 0 aliphatic carbocycles. The molecule has 0 saturated carbocycles. The number of phenols is 1. The van der Waals surface area contributed by atoms with Crippen molar-refractivity contribution < 1.29 is 5.11 Å². The maximum absolute atomic E-state index is 9.25. The molecule has 94 valence electrons. The first-order valence-electron chi connectivity index (χ1n) is 5.80. The molecule has 0 amide bonds. The largest absolute Gasteiger partial charge is 0.508 e. The van der Waals surface area contributed by atoms with E-state index in [4.69, 9.17) is 5.73 Å². The van der Waals surface area contributed by atoms with Crippen LogP contribution in [-0.4, -0.2) is 20.3 Å². The summed E-state index contributed by atoms with van der Waals surface area (Å²) in [5.41, 5.74) is 8.12. The lowest BCUT2D eigenvalue weighted by atomic mass is 10.2. The molecule has 0 spiro atoms. The zero-order chi connectivity index (χ0) is 13.2. The summed E-state index contributed by atoms with van der Waals surface area (Å²) < 4.78 is 0. The van der Waals surface area contributed by atoms with Crippen molar-refractivity contribution in [1.82, 2.24) is 15.2 Å². The van der Waals surface area contributed by atoms with Crippen molar-refractivity contribution >= 4 is 5.69 Å². The first-order valence-corrected chi connectivity index (χ1v) is 5.80. The van der Waals surface area contributed by atoms with Crippen LogP contribution < -0.4 is 5.73 Å². The fourth-order valence-corrected chi connectivity index (χ4v) is 1.77. The van der Waals surface area contributed by atoms with Crippen molar-refractivity contribution in [3.63, 3.8) is 0 Å². The Balaban J connectivity index is 1.95. The molecule has 0 radical (unpaired) electrons. The van der Waals surface area contributed by atoms with Crippen molar-refractivity contribution in [3.8, 4) is 28.5 Å². The number of rotatable bonds is 2. The van der Waals surface area contributed by atoms with Gasteiger partial charge in [-0.15, -0.1) is 0 Å². The molecule has 0 saturated heterocycles. The van der Waals surface area contributed by atoms with Gasteiger partial charge in [0, 0.05) is 16.8 Å². The van der Waals surface area contributed by atoms with E-state index in [0.717, 1.165) is 11.1 Å². The zero-order valence-corrected chi connectivity index (χ0v) is 10.0. The molecular weight excluding hydrogens is 240 g/mol. The predicted molar refractivity (Wildman–Crippen MR) is 73.3 cm³/mol. The van der Waals surface area contributed by atoms with Crippen molar-refractivity contribution in [3.05, 3.63) is 48.5 Å². The van der Waals surface area contributed by atoms with E-state index in [2.05, 4.69) is 15.2 Å². The molecule has 1 aromatic heterocycles. The fraction of sp³-hybridized carbons (Fsp3) is 0. The second-order valence-electron chi connectivity index (χ2n) is 4.18. The number of anilines is 1. The number of phenolic OH excluding ortho intramolecular Hbond substituents is 1. The average Bonchev–Trinajstić information content (AvgIpc) is 2.90. The van der Waals surface area contributed by atoms with Gasteiger partial charge in [-0.05, 0) is 48.5 Å². The number of nitrogens with zero attached hydrogens (tertiary/aromatic N) is 2. The Hall–Kier alpha value is -2.82. The maximum Gasteiger partial charge on any atom is 0.181 e. The van der Waals surface area contributed by atoms with Crippen LogP contribution >= 0.6 is 0 Å². The number of nitrogen functional groups attached to an aromatic ring is 1. The molecule has 0 fully saturated rings. The number of benzene rings is 2. The Morgan fingerprint density at radius 2 is 1.53 bits per heavy atom. The van der Waals surface area contributed by atoms with Crippen LogP contribution in [0, 0.1) is 0 Å². The minimum Gasteiger partial charge on any atom is -0.508 e. The standard InChI is InChI=1S/C14H12N4O/c15-11-5-1-9(2-6-11)13-16-14(18-17-13)10-3-7-12(19)8-4-10/h1-8,19H,15H2,(H,16,17,18). The monoisotopic (exact) mass is 252 g/mol. The van der Waals surface area contributed by atoms with Crippen molar-refractivity contribution in [2.24, 2.45) is 0 Å². The molecule has 0 bridgehead atoms. The molecule has 2 aromatic carbocycles. The first-order chi connectivity index (χ1) is 9.22. The summed E-state index contributed by atoms with van der Waals surface area (Å²) in [5.74, 6) is 1.49. The second-order valence-corrected chi connectivity index (χ2v) is 4.18. The summed E-state index contributed by atoms with van der Waals surface area (Å²) in [7, 11) is 0. The SMILES string of the molecule is Nc1ccc(-c2nc(-c3ccc(O)cc3)n[nH]2)cc1. The summed E-state index contributed by atoms with van der Waals surface area (Å²) in [6.45, 7) is 0. The first kappa shape index (κ1) is 11.3. The van der Waals surface area contributed by atoms with E-state index in [0.29, 0.717) is 17.3 Å². The van der Waals surface area contributed by atoms with Crippen LogP contribution in [0.2, 0.25) is 0 Å². The summed E-state index contributed by atoms with van der Waals surface area (Å²) >= 11 is 0. The maximum atomic E-state index is 9.25. The lowest BCUT2D eigenvalue weighted by Gasteiger charge is -1.96. The van der Waals surface area contributed by atoms with Gasteiger partial charge in [0.05, 0.1) is 0 Å². The van der Waals surface area contributed by atoms with Gasteiger partial charge in [-0.3, -0.25) is 5.10 Å². The molecule has 0 aliphatic heterocycles. The molecule has 0 unspecified atom stereocenters. The third-order valence-electron chi connectivity index (χ3n) is 2.80. The second kappa shape index (κ2) is 4.45. The van der Waals surface area contributed by atoms with E-state index in [1.807, 2.05) is 24.3 Å². The lowest BCUT2D eigenvalue weighted by molar-refractivity contribution is 0.475. The molecular formula is C14H12N4O. The molecule has 3 aromatic rings. The highest BCUT2D eigenvalue weighted by Gasteiger charge is 2.07. The van der Waals surface area contributed by atoms with Gasteiger partial charge < -0.3 is 10.8 Å². The molecule has 1 heterocycles. The average molecular weight is 252 g/mol. The highest BCUT2D eigenvalue weighted by molar-refractivity contribution is 5.63. The molecule has 5 nitrogen and oxygen atoms in total. The summed E-state index contributed by atoms with van der Waals surface area (Å²) in [6, 6.07) is 14.2. The zero-order valence-electron chi connectivity index (χ0n) is 10.0. The van der Waals surface area contributed by atoms with E-state index in [-0.39, 0.29) is 5.75 Å². The van der Waals surface area contributed by atoms with E-state index >= 15 is 0 Å². The van der Waals surface area contributed by atoms with Gasteiger partial charge in [0.1, 0.15) is 5.75 Å². The number of hydrogen-bond donors (Lipinski definition) is 3. The highest BCUT2D eigenvalue weighted by Crippen LogP contribution is 2.22. The van der Waals surface area contributed by atoms with Gasteiger partial charge in [0.15, 0.2) is 11.6 Å². The number of nitrogens with one attached hydrogen (secondary N) is 1. The van der Waals surface area contributed by atoms with Gasteiger partial charge in [-0.2, -0.15) is 5.10 Å². The van der Waals surface area contributed by atoms with Crippen LogP contribution in [0.4, 0.5) is 5.69 Å². The van der Waals surface area contributed by atoms with Gasteiger partial charge in [0.2, 0.25) is 0 Å². The third kappa shape index (κ3) is 2.26. The fourth-order valence-electron chi connectivity index (χ4n) is 1.77. The smallest absolute Gasteiger partial charge is 0.181 e. The summed E-state index contributed by atoms with van der Waals surface area (Å²) in [4.78, 5) is 4.42. The third-order valence-corrected chi connectivity index (χ3v) is 2.80. The number of nitrogens with two attached hydrogens (primary N) is 1. The van der Waals surface area contributed by atoms with Crippen LogP contribution in [-0.2, 0) is 0 Å². The van der Waals surface area contributed by atoms with Gasteiger partial charge in [0.25, 0.3) is 0 Å². The Morgan fingerprint density at radius 1 is 0.895 bits per heavy atom. The van der Waals surface area contributed by atoms with Gasteiger partial charge in [-0.25, -0.2) is 4.98 Å². The Labute approximate surface area is 109 Å². The molecule has 0 aliphatic rings. The number of aromatic hydroxyl groups is 1. The van der Waals surface area contributed by atoms with Crippen molar-refractivity contribution in [2.75, 3.05) is 5.73 Å². The number of aromatic amines is 1. The molecule has 19 heavy (non-hydrogen) atoms. The Bertz CT molecular complexity index is 626. The van der Waals surface area contributed by atoms with Crippen LogP contribution in [0.5, 0.6) is 5.75 Å². The minimum atomic E-state index is 0.220. The number of H-pyrrole nitrogens is 1. The van der Waals surface area contributed by atoms with Gasteiger partial charge in [-0.1, -0.05) is 0 Å². The molecule has 4 N–H and O–H groups in total. The minimum absolute atomic E-state index is 0.220. The molecule has 5 heteroatoms. The van der Waals surface area contributed by atoms with Crippen LogP contribution in [0.15, 0.2) is 48.5 Å². The number of hydrogen-bond acceptors (Lipinski definition) is 4. The van der Waals surface area contributed by atoms with Crippen LogP contribution in [0.1, 0.15) is 0 Å². The van der Waals surface area contributed by atoms with Gasteiger partial charge >= 0.3 is 0 Å². The molecule has 0 atom stereocenters. The molecule has 3 rings (SSSR count). The lowest BCUT2D eigenvalue weighted by Crippen LogP contribution is -1.85. The predicted octanol–water partition coefficient (Wildman–Crippen LogP) is 2.43. The normalized spacial score (nSPS) is 10.5. The summed E-state index contributed by atoms with van der Waals surface area (Å²) in [5, 5.41) is 16.3. The quantitative estimate of drug-likeness (QED) is 0.611. The van der Waals surface area contributed by atoms with Crippen LogP contribution in [0.3, 0.4) is 0 Å². The Morgan fingerprint density at radius 3 is 2.21 bits per heavy atom. The summed E-state index contributed by atoms with van der Waals surface area (Å²) in [6.07, 6.45) is 0. The van der Waals surface area contributed by atoms with E-state index in [9.17, 15) is 5.11 Å². The Kier molecular flexibility index (Phi) is 2.64. The van der Waals surface area contributed by atoms with Crippen LogP contribution in [0.25, 0.3) is 22.8 Å². The topological polar surface area (TPSA) is 87.8 Å². The van der Waals surface area contributed by atoms with Crippen molar-refractivity contribution in [1.29, 1.82) is 0 Å². The van der Waals surface area contributed by atoms with E-state index < -0.39 is 0 Å². The van der Waals surface area contributed by atoms with E-state index in [1.165, 1.54) is 0 Å². The van der Waals surface area contributed by atoms with E-state index in [1.54, 1.807) is 24.3 Å². The number of aromatic nitrogens is 3.